The molecule has 6 nitrogen and oxygen atoms in total. The Hall–Kier alpha value is -2.67. The van der Waals surface area contributed by atoms with Gasteiger partial charge in [-0.05, 0) is 67.9 Å². The Balaban J connectivity index is 1.32. The lowest BCUT2D eigenvalue weighted by Gasteiger charge is -2.18. The molecule has 1 N–H and O–H groups in total. The van der Waals surface area contributed by atoms with Crippen molar-refractivity contribution in [3.63, 3.8) is 0 Å². The summed E-state index contributed by atoms with van der Waals surface area (Å²) in [7, 11) is 0. The van der Waals surface area contributed by atoms with Crippen molar-refractivity contribution in [1.82, 2.24) is 9.55 Å². The lowest BCUT2D eigenvalue weighted by atomic mass is 9.89. The fraction of sp³-hybridized carbons (Fsp3) is 0.435. The molecule has 2 aliphatic rings. The summed E-state index contributed by atoms with van der Waals surface area (Å²) in [4.78, 5) is 34.6. The molecule has 3 aromatic rings. The second kappa shape index (κ2) is 7.87. The number of rotatable bonds is 4. The van der Waals surface area contributed by atoms with Crippen LogP contribution in [0.15, 0.2) is 35.4 Å². The molecule has 0 radical (unpaired) electrons. The number of aryl methyl sites for hydroxylation is 1. The molecule has 1 atom stereocenters. The number of nitrogens with one attached hydrogen (secondary N) is 1. The lowest BCUT2D eigenvalue weighted by Crippen LogP contribution is -2.28. The largest absolute Gasteiger partial charge is 0.372 e. The van der Waals surface area contributed by atoms with E-state index < -0.39 is 0 Å². The Kier molecular flexibility index (Phi) is 5.06. The molecule has 2 aromatic heterocycles. The first kappa shape index (κ1) is 19.3. The first-order valence-electron chi connectivity index (χ1n) is 10.7. The van der Waals surface area contributed by atoms with Crippen molar-refractivity contribution >= 4 is 38.8 Å². The zero-order valence-electron chi connectivity index (χ0n) is 17.2. The van der Waals surface area contributed by atoms with Crippen LogP contribution in [0.2, 0.25) is 0 Å². The van der Waals surface area contributed by atoms with E-state index in [4.69, 9.17) is 0 Å². The molecule has 3 heterocycles. The summed E-state index contributed by atoms with van der Waals surface area (Å²) in [6.45, 7) is 4.41. The van der Waals surface area contributed by atoms with Crippen molar-refractivity contribution in [2.24, 2.45) is 5.92 Å². The molecule has 1 fully saturated rings. The van der Waals surface area contributed by atoms with Crippen LogP contribution in [0.3, 0.4) is 0 Å². The third-order valence-corrected chi connectivity index (χ3v) is 7.38. The highest BCUT2D eigenvalue weighted by Crippen LogP contribution is 2.35. The molecular weight excluding hydrogens is 396 g/mol. The summed E-state index contributed by atoms with van der Waals surface area (Å²) >= 11 is 1.63. The highest BCUT2D eigenvalue weighted by atomic mass is 32.1. The predicted octanol–water partition coefficient (Wildman–Crippen LogP) is 3.82. The molecule has 5 rings (SSSR count). The fourth-order valence-electron chi connectivity index (χ4n) is 4.56. The molecular formula is C23H26N4O2S. The number of nitrogens with zero attached hydrogens (tertiary/aromatic N) is 3. The van der Waals surface area contributed by atoms with Crippen LogP contribution in [-0.4, -0.2) is 28.5 Å². The average molecular weight is 423 g/mol. The molecule has 1 amide bonds. The maximum atomic E-state index is 13.1. The van der Waals surface area contributed by atoms with Gasteiger partial charge >= 0.3 is 0 Å². The van der Waals surface area contributed by atoms with E-state index in [2.05, 4.69) is 22.1 Å². The number of amides is 1. The van der Waals surface area contributed by atoms with Gasteiger partial charge in [0.25, 0.3) is 5.56 Å². The van der Waals surface area contributed by atoms with Gasteiger partial charge in [-0.3, -0.25) is 14.2 Å². The number of anilines is 2. The molecule has 1 aliphatic carbocycles. The quantitative estimate of drug-likeness (QED) is 0.694. The Morgan fingerprint density at radius 1 is 1.23 bits per heavy atom. The molecule has 0 unspecified atom stereocenters. The molecule has 0 saturated carbocycles. The average Bonchev–Trinajstić information content (AvgIpc) is 3.38. The van der Waals surface area contributed by atoms with Crippen LogP contribution < -0.4 is 15.8 Å². The molecule has 0 spiro atoms. The van der Waals surface area contributed by atoms with Crippen LogP contribution in [-0.2, 0) is 24.2 Å². The van der Waals surface area contributed by atoms with Gasteiger partial charge in [-0.25, -0.2) is 4.98 Å². The van der Waals surface area contributed by atoms with Crippen molar-refractivity contribution in [3.8, 4) is 0 Å². The van der Waals surface area contributed by atoms with Gasteiger partial charge in [0.2, 0.25) is 5.91 Å². The Labute approximate surface area is 179 Å². The molecule has 30 heavy (non-hydrogen) atoms. The second-order valence-electron chi connectivity index (χ2n) is 8.50. The van der Waals surface area contributed by atoms with Gasteiger partial charge < -0.3 is 10.2 Å². The van der Waals surface area contributed by atoms with Gasteiger partial charge in [-0.15, -0.1) is 11.3 Å². The molecule has 156 valence electrons. The maximum Gasteiger partial charge on any atom is 0.262 e. The van der Waals surface area contributed by atoms with Crippen LogP contribution in [0, 0.1) is 5.92 Å². The van der Waals surface area contributed by atoms with Crippen molar-refractivity contribution in [1.29, 1.82) is 0 Å². The number of carbonyl (C=O) groups excluding carboxylic acids is 1. The standard InChI is InChI=1S/C23H26N4O2S/c1-15-4-9-18-19(12-15)30-22-21(18)23(29)27(14-24-22)13-20(28)25-16-5-7-17(8-6-16)26-10-2-3-11-26/h5-8,14-15H,2-4,9-13H2,1H3,(H,25,28)/t15-/m0/s1. The minimum Gasteiger partial charge on any atom is -0.372 e. The third-order valence-electron chi connectivity index (χ3n) is 6.22. The van der Waals surface area contributed by atoms with Crippen LogP contribution in [0.1, 0.15) is 36.6 Å². The Morgan fingerprint density at radius 3 is 2.77 bits per heavy atom. The fourth-order valence-corrected chi connectivity index (χ4v) is 5.91. The first-order valence-corrected chi connectivity index (χ1v) is 11.5. The third kappa shape index (κ3) is 3.62. The first-order chi connectivity index (χ1) is 14.6. The molecule has 7 heteroatoms. The minimum absolute atomic E-state index is 0.0311. The zero-order chi connectivity index (χ0) is 20.7. The smallest absolute Gasteiger partial charge is 0.262 e. The van der Waals surface area contributed by atoms with E-state index in [0.29, 0.717) is 11.3 Å². The highest BCUT2D eigenvalue weighted by molar-refractivity contribution is 7.18. The van der Waals surface area contributed by atoms with E-state index in [0.717, 1.165) is 48.4 Å². The van der Waals surface area contributed by atoms with Crippen molar-refractivity contribution in [3.05, 3.63) is 51.4 Å². The topological polar surface area (TPSA) is 67.2 Å². The summed E-state index contributed by atoms with van der Waals surface area (Å²) in [5, 5.41) is 3.62. The van der Waals surface area contributed by atoms with Crippen molar-refractivity contribution in [2.45, 2.75) is 45.6 Å². The number of hydrogen-bond acceptors (Lipinski definition) is 5. The number of fused-ring (bicyclic) bond motifs is 3. The van der Waals surface area contributed by atoms with Crippen molar-refractivity contribution < 1.29 is 4.79 Å². The monoisotopic (exact) mass is 422 g/mol. The van der Waals surface area contributed by atoms with Gasteiger partial charge in [0.1, 0.15) is 11.4 Å². The highest BCUT2D eigenvalue weighted by Gasteiger charge is 2.23. The number of benzene rings is 1. The number of hydrogen-bond donors (Lipinski definition) is 1. The van der Waals surface area contributed by atoms with Gasteiger partial charge in [0.15, 0.2) is 0 Å². The molecule has 1 saturated heterocycles. The van der Waals surface area contributed by atoms with E-state index in [9.17, 15) is 9.59 Å². The summed E-state index contributed by atoms with van der Waals surface area (Å²) in [5.41, 5.74) is 2.98. The van der Waals surface area contributed by atoms with Crippen LogP contribution in [0.5, 0.6) is 0 Å². The summed E-state index contributed by atoms with van der Waals surface area (Å²) < 4.78 is 1.43. The Bertz CT molecular complexity index is 1140. The van der Waals surface area contributed by atoms with E-state index in [1.54, 1.807) is 11.3 Å². The SMILES string of the molecule is C[C@H]1CCc2c(sc3ncn(CC(=O)Nc4ccc(N5CCCC5)cc4)c(=O)c23)C1. The van der Waals surface area contributed by atoms with Gasteiger partial charge in [0.05, 0.1) is 11.7 Å². The predicted molar refractivity (Wildman–Crippen MR) is 122 cm³/mol. The number of thiophene rings is 1. The van der Waals surface area contributed by atoms with E-state index in [-0.39, 0.29) is 18.0 Å². The Morgan fingerprint density at radius 2 is 2.00 bits per heavy atom. The molecule has 0 bridgehead atoms. The van der Waals surface area contributed by atoms with E-state index in [1.807, 2.05) is 24.3 Å². The summed E-state index contributed by atoms with van der Waals surface area (Å²) in [5.74, 6) is 0.431. The number of carbonyl (C=O) groups is 1. The maximum absolute atomic E-state index is 13.1. The van der Waals surface area contributed by atoms with Crippen molar-refractivity contribution in [2.75, 3.05) is 23.3 Å². The van der Waals surface area contributed by atoms with Gasteiger partial charge in [-0.1, -0.05) is 6.92 Å². The van der Waals surface area contributed by atoms with Crippen LogP contribution >= 0.6 is 11.3 Å². The zero-order valence-corrected chi connectivity index (χ0v) is 18.0. The van der Waals surface area contributed by atoms with Crippen LogP contribution in [0.4, 0.5) is 11.4 Å². The number of aromatic nitrogens is 2. The van der Waals surface area contributed by atoms with Gasteiger partial charge in [-0.2, -0.15) is 0 Å². The minimum atomic E-state index is -0.218. The summed E-state index contributed by atoms with van der Waals surface area (Å²) in [6.07, 6.45) is 7.01. The normalized spacial score (nSPS) is 18.6. The molecule has 1 aliphatic heterocycles. The van der Waals surface area contributed by atoms with E-state index in [1.165, 1.54) is 34.3 Å². The van der Waals surface area contributed by atoms with Crippen LogP contribution in [0.25, 0.3) is 10.2 Å². The second-order valence-corrected chi connectivity index (χ2v) is 9.58. The van der Waals surface area contributed by atoms with Gasteiger partial charge in [0, 0.05) is 29.3 Å². The molecule has 1 aromatic carbocycles. The van der Waals surface area contributed by atoms with E-state index >= 15 is 0 Å². The lowest BCUT2D eigenvalue weighted by molar-refractivity contribution is -0.116. The summed E-state index contributed by atoms with van der Waals surface area (Å²) in [6, 6.07) is 7.93.